The number of ketones is 1. The van der Waals surface area contributed by atoms with Gasteiger partial charge >= 0.3 is 6.09 Å². The molecule has 9 nitrogen and oxygen atoms in total. The summed E-state index contributed by atoms with van der Waals surface area (Å²) in [5.41, 5.74) is 0.154. The topological polar surface area (TPSA) is 122 Å². The van der Waals surface area contributed by atoms with E-state index < -0.39 is 33.7 Å². The molecule has 0 spiro atoms. The van der Waals surface area contributed by atoms with Crippen molar-refractivity contribution in [3.8, 4) is 0 Å². The summed E-state index contributed by atoms with van der Waals surface area (Å²) in [5.74, 6) is -0.342. The van der Waals surface area contributed by atoms with E-state index in [2.05, 4.69) is 10.6 Å². The number of Topliss-reactive ketones (excluding diaryl/α,β-unsaturated/α-hetero) is 1. The summed E-state index contributed by atoms with van der Waals surface area (Å²) < 4.78 is 17.8. The highest BCUT2D eigenvalue weighted by Gasteiger charge is 2.52. The average molecular weight is 496 g/mol. The molecule has 3 amide bonds. The molecule has 0 radical (unpaired) electrons. The van der Waals surface area contributed by atoms with Gasteiger partial charge in [0.15, 0.2) is 0 Å². The van der Waals surface area contributed by atoms with Gasteiger partial charge in [0.25, 0.3) is 5.91 Å². The molecule has 3 rings (SSSR count). The molecular formula is C22H29N3O6S2. The first-order valence-electron chi connectivity index (χ1n) is 10.7. The summed E-state index contributed by atoms with van der Waals surface area (Å²) >= 11 is 1.46. The number of thiophene rings is 1. The summed E-state index contributed by atoms with van der Waals surface area (Å²) in [6.07, 6.45) is 1.97. The molecule has 33 heavy (non-hydrogen) atoms. The van der Waals surface area contributed by atoms with Crippen molar-refractivity contribution in [2.75, 3.05) is 18.9 Å². The first kappa shape index (κ1) is 25.1. The molecule has 0 aromatic carbocycles. The lowest BCUT2D eigenvalue weighted by Gasteiger charge is -2.46. The minimum absolute atomic E-state index is 0.0929. The summed E-state index contributed by atoms with van der Waals surface area (Å²) in [5, 5.41) is 6.53. The number of nitrogens with one attached hydrogen (secondary N) is 2. The second kappa shape index (κ2) is 10.6. The maximum Gasteiger partial charge on any atom is 0.407 e. The number of amides is 3. The Labute approximate surface area is 199 Å². The van der Waals surface area contributed by atoms with Gasteiger partial charge in [0.1, 0.15) is 23.8 Å². The van der Waals surface area contributed by atoms with E-state index in [4.69, 9.17) is 4.74 Å². The number of carbonyl (C=O) groups is 4. The van der Waals surface area contributed by atoms with Crippen LogP contribution in [0.3, 0.4) is 0 Å². The minimum atomic E-state index is -1.42. The van der Waals surface area contributed by atoms with Crippen LogP contribution in [0.4, 0.5) is 4.79 Å². The van der Waals surface area contributed by atoms with E-state index in [1.165, 1.54) is 16.2 Å². The molecule has 2 N–H and O–H groups in total. The fourth-order valence-electron chi connectivity index (χ4n) is 3.44. The summed E-state index contributed by atoms with van der Waals surface area (Å²) in [6, 6.07) is 2.88. The number of nitrogens with zero attached hydrogens (tertiary/aromatic N) is 1. The largest absolute Gasteiger partial charge is 0.445 e. The van der Waals surface area contributed by atoms with Crippen LogP contribution in [0.2, 0.25) is 0 Å². The highest BCUT2D eigenvalue weighted by Crippen LogP contribution is 2.30. The first-order chi connectivity index (χ1) is 15.6. The van der Waals surface area contributed by atoms with Gasteiger partial charge in [0.2, 0.25) is 5.91 Å². The van der Waals surface area contributed by atoms with E-state index >= 15 is 0 Å². The zero-order valence-corrected chi connectivity index (χ0v) is 20.6. The predicted molar refractivity (Wildman–Crippen MR) is 125 cm³/mol. The third kappa shape index (κ3) is 6.50. The third-order valence-corrected chi connectivity index (χ3v) is 7.87. The van der Waals surface area contributed by atoms with Crippen LogP contribution in [-0.2, 0) is 36.3 Å². The smallest absolute Gasteiger partial charge is 0.407 e. The Balaban J connectivity index is 1.41. The number of carbonyl (C=O) groups excluding carboxylic acids is 4. The Morgan fingerprint density at radius 1 is 1.30 bits per heavy atom. The second-order valence-corrected chi connectivity index (χ2v) is 11.6. The van der Waals surface area contributed by atoms with Crippen molar-refractivity contribution in [2.24, 2.45) is 5.41 Å². The molecule has 3 heterocycles. The molecule has 1 fully saturated rings. The normalized spacial score (nSPS) is 22.0. The molecule has 3 atom stereocenters. The fourth-order valence-corrected chi connectivity index (χ4v) is 5.74. The lowest BCUT2D eigenvalue weighted by molar-refractivity contribution is -0.145. The van der Waals surface area contributed by atoms with Gasteiger partial charge in [-0.15, -0.1) is 11.3 Å². The Morgan fingerprint density at radius 3 is 2.73 bits per heavy atom. The van der Waals surface area contributed by atoms with Crippen molar-refractivity contribution in [1.29, 1.82) is 0 Å². The zero-order valence-electron chi connectivity index (χ0n) is 18.9. The van der Waals surface area contributed by atoms with Crippen LogP contribution in [0, 0.1) is 5.41 Å². The standard InChI is InChI=1S/C22H29N3O6S2/c1-22(2,3)16(26)7-4-8-23-21(29)31-12-14-11-25-19(28)18(20(25)33(30)13-14)24-17(27)10-15-6-5-9-32-15/h5-6,9,11,18,20H,4,7-8,10,12-13H2,1-3H3,(H,23,29)(H,24,27). The summed E-state index contributed by atoms with van der Waals surface area (Å²) in [4.78, 5) is 50.6. The maximum absolute atomic E-state index is 12.7. The van der Waals surface area contributed by atoms with Crippen molar-refractivity contribution in [2.45, 2.75) is 51.4 Å². The van der Waals surface area contributed by atoms with Gasteiger partial charge in [-0.05, 0) is 23.4 Å². The van der Waals surface area contributed by atoms with Gasteiger partial charge in [-0.2, -0.15) is 0 Å². The van der Waals surface area contributed by atoms with Gasteiger partial charge in [0.05, 0.1) is 23.0 Å². The molecule has 1 saturated heterocycles. The Hall–Kier alpha value is -2.53. The molecule has 180 valence electrons. The number of alkyl carbamates (subject to hydrolysis) is 1. The molecule has 2 aliphatic heterocycles. The van der Waals surface area contributed by atoms with Gasteiger partial charge in [0, 0.05) is 29.5 Å². The van der Waals surface area contributed by atoms with Crippen LogP contribution in [0.25, 0.3) is 0 Å². The van der Waals surface area contributed by atoms with Crippen LogP contribution >= 0.6 is 11.3 Å². The summed E-state index contributed by atoms with van der Waals surface area (Å²) in [6.45, 7) is 5.78. The predicted octanol–water partition coefficient (Wildman–Crippen LogP) is 1.71. The van der Waals surface area contributed by atoms with Crippen LogP contribution in [0.15, 0.2) is 29.3 Å². The van der Waals surface area contributed by atoms with Crippen molar-refractivity contribution in [3.05, 3.63) is 34.2 Å². The van der Waals surface area contributed by atoms with Crippen LogP contribution < -0.4 is 10.6 Å². The highest BCUT2D eigenvalue weighted by atomic mass is 32.2. The van der Waals surface area contributed by atoms with Crippen LogP contribution in [0.1, 0.15) is 38.5 Å². The van der Waals surface area contributed by atoms with E-state index in [-0.39, 0.29) is 36.4 Å². The lowest BCUT2D eigenvalue weighted by Crippen LogP contribution is -2.71. The highest BCUT2D eigenvalue weighted by molar-refractivity contribution is 7.86. The number of fused-ring (bicyclic) bond motifs is 1. The molecule has 2 aliphatic rings. The molecule has 1 aromatic heterocycles. The monoisotopic (exact) mass is 495 g/mol. The number of ether oxygens (including phenoxy) is 1. The van der Waals surface area contributed by atoms with E-state index in [1.807, 2.05) is 38.3 Å². The van der Waals surface area contributed by atoms with Crippen molar-refractivity contribution in [1.82, 2.24) is 15.5 Å². The Morgan fingerprint density at radius 2 is 2.06 bits per heavy atom. The van der Waals surface area contributed by atoms with E-state index in [0.29, 0.717) is 25.0 Å². The first-order valence-corrected chi connectivity index (χ1v) is 13.0. The van der Waals surface area contributed by atoms with Crippen molar-refractivity contribution >= 4 is 45.8 Å². The van der Waals surface area contributed by atoms with Crippen LogP contribution in [0.5, 0.6) is 0 Å². The van der Waals surface area contributed by atoms with Gasteiger partial charge in [-0.3, -0.25) is 23.5 Å². The quantitative estimate of drug-likeness (QED) is 0.397. The SMILES string of the molecule is CC(C)(C)C(=O)CCCNC(=O)OCC1=CN2C(=O)C(NC(=O)Cc3cccs3)C2S(=O)C1. The number of hydrogen-bond acceptors (Lipinski definition) is 7. The second-order valence-electron chi connectivity index (χ2n) is 9.03. The molecular weight excluding hydrogens is 466 g/mol. The fraction of sp³-hybridized carbons (Fsp3) is 0.545. The van der Waals surface area contributed by atoms with Crippen molar-refractivity contribution in [3.63, 3.8) is 0 Å². The molecule has 1 aromatic rings. The van der Waals surface area contributed by atoms with Crippen molar-refractivity contribution < 1.29 is 28.1 Å². The molecule has 11 heteroatoms. The maximum atomic E-state index is 12.7. The average Bonchev–Trinajstić information content (AvgIpc) is 3.25. The van der Waals surface area contributed by atoms with Crippen LogP contribution in [-0.4, -0.2) is 63.1 Å². The lowest BCUT2D eigenvalue weighted by atomic mass is 9.88. The third-order valence-electron chi connectivity index (χ3n) is 5.31. The zero-order chi connectivity index (χ0) is 24.2. The van der Waals surface area contributed by atoms with E-state index in [0.717, 1.165) is 4.88 Å². The number of hydrogen-bond donors (Lipinski definition) is 2. The summed E-state index contributed by atoms with van der Waals surface area (Å²) in [7, 11) is -1.42. The van der Waals surface area contributed by atoms with Gasteiger partial charge in [-0.25, -0.2) is 4.79 Å². The number of rotatable bonds is 9. The van der Waals surface area contributed by atoms with E-state index in [1.54, 1.807) is 6.20 Å². The molecule has 0 bridgehead atoms. The molecule has 0 saturated carbocycles. The number of β-lactam (4-membered cyclic amide) rings is 1. The van der Waals surface area contributed by atoms with Gasteiger partial charge in [-0.1, -0.05) is 26.8 Å². The minimum Gasteiger partial charge on any atom is -0.445 e. The molecule has 3 unspecified atom stereocenters. The van der Waals surface area contributed by atoms with E-state index in [9.17, 15) is 23.4 Å². The van der Waals surface area contributed by atoms with Gasteiger partial charge < -0.3 is 15.4 Å². The molecule has 0 aliphatic carbocycles. The Bertz CT molecular complexity index is 967. The Kier molecular flexibility index (Phi) is 8.06.